The number of amides is 1. The van der Waals surface area contributed by atoms with E-state index in [0.717, 1.165) is 12.8 Å². The Hall–Kier alpha value is -0.570. The van der Waals surface area contributed by atoms with E-state index in [1.807, 2.05) is 0 Å². The summed E-state index contributed by atoms with van der Waals surface area (Å²) in [4.78, 5) is 12.1. The van der Waals surface area contributed by atoms with Crippen molar-refractivity contribution in [3.8, 4) is 0 Å². The molecule has 3 fully saturated rings. The number of rotatable bonds is 3. The molecule has 0 aromatic heterocycles. The number of nitrogens with two attached hydrogens (primary N) is 1. The number of nitrogens with one attached hydrogen (secondary N) is 1. The van der Waals surface area contributed by atoms with E-state index in [9.17, 15) is 4.79 Å². The van der Waals surface area contributed by atoms with E-state index in [4.69, 9.17) is 5.73 Å². The van der Waals surface area contributed by atoms with Crippen molar-refractivity contribution in [2.45, 2.75) is 95.1 Å². The summed E-state index contributed by atoms with van der Waals surface area (Å²) in [6.45, 7) is 0. The van der Waals surface area contributed by atoms with Gasteiger partial charge in [-0.3, -0.25) is 4.79 Å². The SMILES string of the molecule is NC(=O)C1(NC2CCCCC2)CCC2(CCCC2)CC1. The van der Waals surface area contributed by atoms with Crippen molar-refractivity contribution >= 4 is 5.91 Å². The van der Waals surface area contributed by atoms with Gasteiger partial charge in [0.25, 0.3) is 0 Å². The molecule has 3 heteroatoms. The lowest BCUT2D eigenvalue weighted by Gasteiger charge is -2.46. The van der Waals surface area contributed by atoms with Crippen LogP contribution in [0.5, 0.6) is 0 Å². The normalized spacial score (nSPS) is 29.6. The van der Waals surface area contributed by atoms with E-state index >= 15 is 0 Å². The smallest absolute Gasteiger partial charge is 0.237 e. The lowest BCUT2D eigenvalue weighted by Crippen LogP contribution is -2.61. The maximum absolute atomic E-state index is 12.1. The highest BCUT2D eigenvalue weighted by Gasteiger charge is 2.47. The molecular weight excluding hydrogens is 248 g/mol. The Bertz CT molecular complexity index is 344. The zero-order valence-corrected chi connectivity index (χ0v) is 12.8. The molecule has 20 heavy (non-hydrogen) atoms. The molecule has 0 radical (unpaired) electrons. The van der Waals surface area contributed by atoms with Gasteiger partial charge in [0.1, 0.15) is 0 Å². The second-order valence-corrected chi connectivity index (χ2v) is 7.63. The van der Waals surface area contributed by atoms with E-state index < -0.39 is 5.54 Å². The highest BCUT2D eigenvalue weighted by Crippen LogP contribution is 2.51. The van der Waals surface area contributed by atoms with Crippen molar-refractivity contribution in [1.29, 1.82) is 0 Å². The van der Waals surface area contributed by atoms with Crippen molar-refractivity contribution in [1.82, 2.24) is 5.32 Å². The molecule has 0 aromatic rings. The van der Waals surface area contributed by atoms with Crippen molar-refractivity contribution in [3.05, 3.63) is 0 Å². The third-order valence-corrected chi connectivity index (χ3v) is 6.39. The van der Waals surface area contributed by atoms with Gasteiger partial charge in [0.2, 0.25) is 5.91 Å². The van der Waals surface area contributed by atoms with Crippen LogP contribution in [0.2, 0.25) is 0 Å². The Morgan fingerprint density at radius 3 is 2.00 bits per heavy atom. The molecule has 3 aliphatic rings. The third kappa shape index (κ3) is 2.74. The highest BCUT2D eigenvalue weighted by atomic mass is 16.1. The van der Waals surface area contributed by atoms with Crippen LogP contribution in [0.15, 0.2) is 0 Å². The quantitative estimate of drug-likeness (QED) is 0.832. The van der Waals surface area contributed by atoms with Gasteiger partial charge in [-0.05, 0) is 56.8 Å². The minimum Gasteiger partial charge on any atom is -0.368 e. The molecule has 3 saturated carbocycles. The lowest BCUT2D eigenvalue weighted by atomic mass is 9.66. The molecule has 1 spiro atoms. The van der Waals surface area contributed by atoms with E-state index in [1.54, 1.807) is 0 Å². The molecule has 0 atom stereocenters. The fraction of sp³-hybridized carbons (Fsp3) is 0.941. The van der Waals surface area contributed by atoms with Crippen LogP contribution in [-0.4, -0.2) is 17.5 Å². The monoisotopic (exact) mass is 278 g/mol. The van der Waals surface area contributed by atoms with Gasteiger partial charge in [-0.1, -0.05) is 32.1 Å². The van der Waals surface area contributed by atoms with Crippen LogP contribution >= 0.6 is 0 Å². The Morgan fingerprint density at radius 2 is 1.45 bits per heavy atom. The first-order valence-corrected chi connectivity index (χ1v) is 8.72. The van der Waals surface area contributed by atoms with E-state index in [2.05, 4.69) is 5.32 Å². The number of hydrogen-bond acceptors (Lipinski definition) is 2. The van der Waals surface area contributed by atoms with Crippen molar-refractivity contribution < 1.29 is 4.79 Å². The van der Waals surface area contributed by atoms with Gasteiger partial charge < -0.3 is 11.1 Å². The zero-order chi connectivity index (χ0) is 14.1. The summed E-state index contributed by atoms with van der Waals surface area (Å²) in [5.41, 5.74) is 5.97. The predicted molar refractivity (Wildman–Crippen MR) is 81.3 cm³/mol. The van der Waals surface area contributed by atoms with Gasteiger partial charge in [-0.15, -0.1) is 0 Å². The molecule has 3 rings (SSSR count). The van der Waals surface area contributed by atoms with Crippen LogP contribution < -0.4 is 11.1 Å². The van der Waals surface area contributed by atoms with Gasteiger partial charge in [-0.2, -0.15) is 0 Å². The van der Waals surface area contributed by atoms with Gasteiger partial charge in [-0.25, -0.2) is 0 Å². The van der Waals surface area contributed by atoms with E-state index in [0.29, 0.717) is 11.5 Å². The van der Waals surface area contributed by atoms with Gasteiger partial charge in [0.15, 0.2) is 0 Å². The maximum Gasteiger partial charge on any atom is 0.237 e. The first kappa shape index (κ1) is 14.4. The summed E-state index contributed by atoms with van der Waals surface area (Å²) in [7, 11) is 0. The van der Waals surface area contributed by atoms with Crippen LogP contribution in [0, 0.1) is 5.41 Å². The third-order valence-electron chi connectivity index (χ3n) is 6.39. The second-order valence-electron chi connectivity index (χ2n) is 7.63. The standard InChI is InChI=1S/C17H30N2O/c18-15(20)17(19-14-6-2-1-3-7-14)12-10-16(11-13-17)8-4-5-9-16/h14,19H,1-13H2,(H2,18,20). The molecule has 0 bridgehead atoms. The van der Waals surface area contributed by atoms with E-state index in [-0.39, 0.29) is 5.91 Å². The summed E-state index contributed by atoms with van der Waals surface area (Å²) >= 11 is 0. The fourth-order valence-corrected chi connectivity index (χ4v) is 4.93. The number of primary amides is 1. The Balaban J connectivity index is 1.65. The molecule has 0 aromatic carbocycles. The van der Waals surface area contributed by atoms with Crippen LogP contribution in [0.25, 0.3) is 0 Å². The van der Waals surface area contributed by atoms with Crippen LogP contribution in [0.1, 0.15) is 83.5 Å². The minimum absolute atomic E-state index is 0.101. The first-order valence-electron chi connectivity index (χ1n) is 8.72. The molecule has 0 aliphatic heterocycles. The van der Waals surface area contributed by atoms with Crippen LogP contribution in [-0.2, 0) is 4.79 Å². The molecule has 0 saturated heterocycles. The van der Waals surface area contributed by atoms with Crippen LogP contribution in [0.4, 0.5) is 0 Å². The molecule has 1 amide bonds. The fourth-order valence-electron chi connectivity index (χ4n) is 4.93. The largest absolute Gasteiger partial charge is 0.368 e. The van der Waals surface area contributed by atoms with Crippen molar-refractivity contribution in [2.24, 2.45) is 11.1 Å². The number of carbonyl (C=O) groups excluding carboxylic acids is 1. The Labute approximate surface area is 123 Å². The first-order chi connectivity index (χ1) is 9.64. The molecule has 0 heterocycles. The highest BCUT2D eigenvalue weighted by molar-refractivity contribution is 5.84. The summed E-state index contributed by atoms with van der Waals surface area (Å²) in [6, 6.07) is 0.522. The molecule has 114 valence electrons. The lowest BCUT2D eigenvalue weighted by molar-refractivity contribution is -0.127. The van der Waals surface area contributed by atoms with Gasteiger partial charge in [0.05, 0.1) is 5.54 Å². The molecular formula is C17H30N2O. The van der Waals surface area contributed by atoms with Crippen molar-refractivity contribution in [2.75, 3.05) is 0 Å². The molecule has 3 N–H and O–H groups in total. The average Bonchev–Trinajstić information content (AvgIpc) is 2.91. The summed E-state index contributed by atoms with van der Waals surface area (Å²) in [6.07, 6.45) is 16.3. The summed E-state index contributed by atoms with van der Waals surface area (Å²) < 4.78 is 0. The molecule has 0 unspecified atom stereocenters. The van der Waals surface area contributed by atoms with Crippen molar-refractivity contribution in [3.63, 3.8) is 0 Å². The predicted octanol–water partition coefficient (Wildman–Crippen LogP) is 3.27. The summed E-state index contributed by atoms with van der Waals surface area (Å²) in [5, 5.41) is 3.70. The minimum atomic E-state index is -0.393. The molecule has 3 nitrogen and oxygen atoms in total. The number of hydrogen-bond donors (Lipinski definition) is 2. The van der Waals surface area contributed by atoms with E-state index in [1.165, 1.54) is 70.6 Å². The maximum atomic E-state index is 12.1. The molecule has 3 aliphatic carbocycles. The zero-order valence-electron chi connectivity index (χ0n) is 12.8. The van der Waals surface area contributed by atoms with Gasteiger partial charge >= 0.3 is 0 Å². The topological polar surface area (TPSA) is 55.1 Å². The average molecular weight is 278 g/mol. The number of carbonyl (C=O) groups is 1. The van der Waals surface area contributed by atoms with Gasteiger partial charge in [0, 0.05) is 6.04 Å². The Kier molecular flexibility index (Phi) is 4.07. The summed E-state index contributed by atoms with van der Waals surface area (Å²) in [5.74, 6) is -0.101. The Morgan fingerprint density at radius 1 is 0.850 bits per heavy atom. The second kappa shape index (κ2) is 5.67. The van der Waals surface area contributed by atoms with Crippen LogP contribution in [0.3, 0.4) is 0 Å².